The minimum absolute atomic E-state index is 0.226. The first-order chi connectivity index (χ1) is 8.76. The smallest absolute Gasteiger partial charge is 0.358 e. The summed E-state index contributed by atoms with van der Waals surface area (Å²) in [5.41, 5.74) is 0.226. The Morgan fingerprint density at radius 3 is 2.67 bits per heavy atom. The lowest BCUT2D eigenvalue weighted by molar-refractivity contribution is 0.0593. The Labute approximate surface area is 106 Å². The molecule has 0 radical (unpaired) electrons. The van der Waals surface area contributed by atoms with E-state index < -0.39 is 5.97 Å². The van der Waals surface area contributed by atoms with Crippen molar-refractivity contribution in [2.24, 2.45) is 0 Å². The molecule has 0 amide bonds. The third kappa shape index (κ3) is 2.95. The second kappa shape index (κ2) is 5.77. The second-order valence-electron chi connectivity index (χ2n) is 4.17. The van der Waals surface area contributed by atoms with Gasteiger partial charge in [-0.25, -0.2) is 14.8 Å². The van der Waals surface area contributed by atoms with Gasteiger partial charge in [0.15, 0.2) is 5.69 Å². The van der Waals surface area contributed by atoms with E-state index in [2.05, 4.69) is 19.6 Å². The number of esters is 1. The van der Waals surface area contributed by atoms with E-state index in [1.54, 1.807) is 13.3 Å². The SMILES string of the molecule is COCCN(c1cnc(C(=O)OC)cn1)C1CC1. The number of ether oxygens (including phenoxy) is 2. The molecule has 0 saturated heterocycles. The van der Waals surface area contributed by atoms with Gasteiger partial charge in [-0.05, 0) is 12.8 Å². The van der Waals surface area contributed by atoms with Crippen LogP contribution < -0.4 is 4.90 Å². The van der Waals surface area contributed by atoms with Crippen molar-refractivity contribution in [2.45, 2.75) is 18.9 Å². The van der Waals surface area contributed by atoms with Gasteiger partial charge in [0.2, 0.25) is 0 Å². The summed E-state index contributed by atoms with van der Waals surface area (Å²) in [6, 6.07) is 0.526. The molecule has 0 unspecified atom stereocenters. The van der Waals surface area contributed by atoms with E-state index >= 15 is 0 Å². The lowest BCUT2D eigenvalue weighted by Gasteiger charge is -2.22. The van der Waals surface area contributed by atoms with Crippen LogP contribution in [0.2, 0.25) is 0 Å². The molecule has 1 aromatic rings. The van der Waals surface area contributed by atoms with Crippen LogP contribution in [0, 0.1) is 0 Å². The van der Waals surface area contributed by atoms with Crippen molar-refractivity contribution in [1.82, 2.24) is 9.97 Å². The molecule has 0 aromatic carbocycles. The third-order valence-electron chi connectivity index (χ3n) is 2.85. The summed E-state index contributed by atoms with van der Waals surface area (Å²) in [4.78, 5) is 21.8. The predicted molar refractivity (Wildman–Crippen MR) is 65.6 cm³/mol. The number of carbonyl (C=O) groups excluding carboxylic acids is 1. The minimum Gasteiger partial charge on any atom is -0.464 e. The molecule has 0 N–H and O–H groups in total. The van der Waals surface area contributed by atoms with Crippen molar-refractivity contribution in [3.63, 3.8) is 0 Å². The van der Waals surface area contributed by atoms with Gasteiger partial charge in [0.25, 0.3) is 0 Å². The number of nitrogens with zero attached hydrogens (tertiary/aromatic N) is 3. The summed E-state index contributed by atoms with van der Waals surface area (Å²) >= 11 is 0. The molecular formula is C12H17N3O3. The molecule has 0 bridgehead atoms. The van der Waals surface area contributed by atoms with Crippen molar-refractivity contribution >= 4 is 11.8 Å². The number of hydrogen-bond donors (Lipinski definition) is 0. The van der Waals surface area contributed by atoms with Gasteiger partial charge in [-0.15, -0.1) is 0 Å². The van der Waals surface area contributed by atoms with Gasteiger partial charge in [0.1, 0.15) is 5.82 Å². The Hall–Kier alpha value is -1.69. The van der Waals surface area contributed by atoms with E-state index in [4.69, 9.17) is 4.74 Å². The van der Waals surface area contributed by atoms with Crippen molar-refractivity contribution in [3.8, 4) is 0 Å². The Balaban J connectivity index is 2.08. The van der Waals surface area contributed by atoms with E-state index in [-0.39, 0.29) is 5.69 Å². The highest BCUT2D eigenvalue weighted by molar-refractivity contribution is 5.86. The van der Waals surface area contributed by atoms with Gasteiger partial charge in [-0.2, -0.15) is 0 Å². The fraction of sp³-hybridized carbons (Fsp3) is 0.583. The Kier molecular flexibility index (Phi) is 4.09. The first-order valence-electron chi connectivity index (χ1n) is 5.92. The van der Waals surface area contributed by atoms with Crippen molar-refractivity contribution in [1.29, 1.82) is 0 Å². The van der Waals surface area contributed by atoms with Crippen LogP contribution in [0.5, 0.6) is 0 Å². The van der Waals surface area contributed by atoms with Gasteiger partial charge in [0, 0.05) is 19.7 Å². The van der Waals surface area contributed by atoms with Crippen LogP contribution in [-0.4, -0.2) is 49.4 Å². The zero-order valence-electron chi connectivity index (χ0n) is 10.6. The van der Waals surface area contributed by atoms with Crippen LogP contribution in [0.1, 0.15) is 23.3 Å². The summed E-state index contributed by atoms with van der Waals surface area (Å²) in [5.74, 6) is 0.311. The van der Waals surface area contributed by atoms with Crippen molar-refractivity contribution in [3.05, 3.63) is 18.1 Å². The zero-order chi connectivity index (χ0) is 13.0. The molecule has 1 aliphatic carbocycles. The maximum Gasteiger partial charge on any atom is 0.358 e. The zero-order valence-corrected chi connectivity index (χ0v) is 10.6. The Bertz CT molecular complexity index is 404. The molecule has 2 rings (SSSR count). The molecule has 6 nitrogen and oxygen atoms in total. The quantitative estimate of drug-likeness (QED) is 0.699. The molecule has 1 aromatic heterocycles. The number of rotatable bonds is 6. The molecule has 6 heteroatoms. The molecular weight excluding hydrogens is 234 g/mol. The Morgan fingerprint density at radius 1 is 1.39 bits per heavy atom. The molecule has 1 saturated carbocycles. The molecule has 1 fully saturated rings. The van der Waals surface area contributed by atoms with Gasteiger partial charge in [0.05, 0.1) is 26.1 Å². The van der Waals surface area contributed by atoms with Gasteiger partial charge in [-0.3, -0.25) is 0 Å². The molecule has 0 atom stereocenters. The van der Waals surface area contributed by atoms with E-state index in [1.165, 1.54) is 26.1 Å². The molecule has 0 aliphatic heterocycles. The molecule has 0 spiro atoms. The molecule has 18 heavy (non-hydrogen) atoms. The van der Waals surface area contributed by atoms with E-state index in [1.807, 2.05) is 0 Å². The van der Waals surface area contributed by atoms with Crippen LogP contribution in [-0.2, 0) is 9.47 Å². The van der Waals surface area contributed by atoms with Gasteiger partial charge in [-0.1, -0.05) is 0 Å². The third-order valence-corrected chi connectivity index (χ3v) is 2.85. The lowest BCUT2D eigenvalue weighted by Crippen LogP contribution is -2.30. The van der Waals surface area contributed by atoms with Crippen molar-refractivity contribution < 1.29 is 14.3 Å². The molecule has 1 aliphatic rings. The number of anilines is 1. The van der Waals surface area contributed by atoms with Crippen molar-refractivity contribution in [2.75, 3.05) is 32.3 Å². The topological polar surface area (TPSA) is 64.5 Å². The van der Waals surface area contributed by atoms with E-state index in [0.717, 1.165) is 12.4 Å². The first-order valence-corrected chi connectivity index (χ1v) is 5.92. The van der Waals surface area contributed by atoms with Gasteiger partial charge >= 0.3 is 5.97 Å². The summed E-state index contributed by atoms with van der Waals surface area (Å²) < 4.78 is 9.67. The summed E-state index contributed by atoms with van der Waals surface area (Å²) in [6.07, 6.45) is 5.40. The number of hydrogen-bond acceptors (Lipinski definition) is 6. The highest BCUT2D eigenvalue weighted by atomic mass is 16.5. The molecule has 98 valence electrons. The van der Waals surface area contributed by atoms with E-state index in [9.17, 15) is 4.79 Å². The largest absolute Gasteiger partial charge is 0.464 e. The van der Waals surface area contributed by atoms with Crippen LogP contribution in [0.25, 0.3) is 0 Å². The van der Waals surface area contributed by atoms with E-state index in [0.29, 0.717) is 12.6 Å². The van der Waals surface area contributed by atoms with Crippen LogP contribution in [0.3, 0.4) is 0 Å². The normalized spacial score (nSPS) is 14.3. The lowest BCUT2D eigenvalue weighted by atomic mass is 10.4. The van der Waals surface area contributed by atoms with Crippen LogP contribution in [0.4, 0.5) is 5.82 Å². The predicted octanol–water partition coefficient (Wildman–Crippen LogP) is 0.878. The fourth-order valence-corrected chi connectivity index (χ4v) is 1.74. The van der Waals surface area contributed by atoms with Crippen LogP contribution in [0.15, 0.2) is 12.4 Å². The fourth-order valence-electron chi connectivity index (χ4n) is 1.74. The Morgan fingerprint density at radius 2 is 2.17 bits per heavy atom. The van der Waals surface area contributed by atoms with Crippen LogP contribution >= 0.6 is 0 Å². The first kappa shape index (κ1) is 12.8. The highest BCUT2D eigenvalue weighted by Crippen LogP contribution is 2.29. The number of methoxy groups -OCH3 is 2. The standard InChI is InChI=1S/C12H17N3O3/c1-17-6-5-15(9-3-4-9)11-8-13-10(7-14-11)12(16)18-2/h7-9H,3-6H2,1-2H3. The summed E-state index contributed by atoms with van der Waals surface area (Å²) in [6.45, 7) is 1.43. The summed E-state index contributed by atoms with van der Waals surface area (Å²) in [5, 5.41) is 0. The van der Waals surface area contributed by atoms with Gasteiger partial charge < -0.3 is 14.4 Å². The monoisotopic (exact) mass is 251 g/mol. The maximum absolute atomic E-state index is 11.3. The maximum atomic E-state index is 11.3. The minimum atomic E-state index is -0.469. The highest BCUT2D eigenvalue weighted by Gasteiger charge is 2.30. The average molecular weight is 251 g/mol. The molecule has 1 heterocycles. The number of aromatic nitrogens is 2. The number of carbonyl (C=O) groups is 1. The average Bonchev–Trinajstić information content (AvgIpc) is 3.24. The second-order valence-corrected chi connectivity index (χ2v) is 4.17. The summed E-state index contributed by atoms with van der Waals surface area (Å²) in [7, 11) is 3.00.